The fourth-order valence-electron chi connectivity index (χ4n) is 14.1. The summed E-state index contributed by atoms with van der Waals surface area (Å²) in [5.41, 5.74) is 24.3. The second-order valence-electron chi connectivity index (χ2n) is 37.0. The Kier molecular flexibility index (Phi) is 53.3. The molecule has 4 unspecified atom stereocenters. The van der Waals surface area contributed by atoms with Crippen molar-refractivity contribution in [1.82, 2.24) is 0 Å². The van der Waals surface area contributed by atoms with Gasteiger partial charge in [-0.15, -0.1) is 11.3 Å². The number of halogens is 8. The summed E-state index contributed by atoms with van der Waals surface area (Å²) >= 11 is -5.63. The van der Waals surface area contributed by atoms with Crippen molar-refractivity contribution in [2.75, 3.05) is 0 Å². The summed E-state index contributed by atoms with van der Waals surface area (Å²) in [7, 11) is -6.17. The van der Waals surface area contributed by atoms with Gasteiger partial charge in [-0.1, -0.05) is 346 Å². The van der Waals surface area contributed by atoms with Crippen molar-refractivity contribution in [2.24, 2.45) is 0 Å². The molecular weight excluding hydrogens is 1990 g/mol. The van der Waals surface area contributed by atoms with Crippen molar-refractivity contribution in [3.63, 3.8) is 0 Å². The number of hydrogen-bond acceptors (Lipinski definition) is 13. The van der Waals surface area contributed by atoms with Crippen LogP contribution >= 0.6 is 11.3 Å². The van der Waals surface area contributed by atoms with E-state index in [-0.39, 0.29) is 43.3 Å². The van der Waals surface area contributed by atoms with Crippen molar-refractivity contribution in [3.8, 4) is 11.1 Å². The summed E-state index contributed by atoms with van der Waals surface area (Å²) in [6, 6.07) is 88.3. The Hall–Kier alpha value is -10.4. The van der Waals surface area contributed by atoms with Crippen LogP contribution < -0.4 is 0 Å². The first-order chi connectivity index (χ1) is 68.5. The van der Waals surface area contributed by atoms with Gasteiger partial charge < -0.3 is 18.2 Å². The van der Waals surface area contributed by atoms with Crippen molar-refractivity contribution in [3.05, 3.63) is 448 Å². The third-order valence-corrected chi connectivity index (χ3v) is 31.6. The van der Waals surface area contributed by atoms with E-state index in [0.29, 0.717) is 49.1 Å². The van der Waals surface area contributed by atoms with Crippen LogP contribution in [0.15, 0.2) is 290 Å². The molecule has 0 bridgehead atoms. The molecule has 1 heterocycles. The van der Waals surface area contributed by atoms with E-state index in [4.69, 9.17) is 0 Å². The van der Waals surface area contributed by atoms with Gasteiger partial charge in [0.25, 0.3) is 0 Å². The van der Waals surface area contributed by atoms with Gasteiger partial charge in [-0.2, -0.15) is 0 Å². The molecule has 780 valence electrons. The highest BCUT2D eigenvalue weighted by Crippen LogP contribution is 2.47. The van der Waals surface area contributed by atoms with Crippen molar-refractivity contribution in [2.45, 2.75) is 244 Å². The minimum absolute atomic E-state index is 0.0278. The number of rotatable bonds is 28. The highest BCUT2D eigenvalue weighted by Gasteiger charge is 2.28. The molecule has 13 aromatic carbocycles. The second-order valence-corrected chi connectivity index (χ2v) is 48.9. The van der Waals surface area contributed by atoms with Crippen LogP contribution in [0, 0.1) is 81.2 Å². The summed E-state index contributed by atoms with van der Waals surface area (Å²) in [6.45, 7) is 30.3. The standard InChI is InChI=1S/C25H26O2S.C18H20F2O2S.C18H18S.3C15H14F2.4C3H8O2S/c1-18(2)28(26,27)17-20-13-11-19(12-14-20)15-16-25-23-9-5-3-7-21(23)22-8-4-6-10-24(22)25;1-13(2)23(21,22)12-15-6-3-14(4-7-15)5-8-16-9-17(19)11-18(20)10-16;1-13-3-5-15(6-4-13)7-8-16-11-14(2)18-17(12-16)9-10-19-18;1-11-2-4-12(5-3-11)6-7-13-8-9-14(16)10-15(13)17;1-11-2-4-12(5-3-11)6-7-13-8-9-14(16)15(17)10-13;1-11-5-7-12(8-6-11)9-10-13-14(16)3-2-4-15(13)17;4*1-3(2)6(4)5/h3-14,18,25H,15-17H2,1-2H3;3-4,6-7,9-11,13H,5,8,12H2,1-2H3;3-6,9-12H,7-8H2,1-2H3;2*2-5,8-10H,6-7H2,1H3;2-8H,9-10H2,1H3;4*3H,1-2H3,(H,4,5)/p-4. The Morgan fingerprint density at radius 2 is 0.614 bits per heavy atom. The van der Waals surface area contributed by atoms with Crippen LogP contribution in [0.5, 0.6) is 0 Å². The van der Waals surface area contributed by atoms with E-state index in [2.05, 4.69) is 147 Å². The molecule has 14 aromatic rings. The van der Waals surface area contributed by atoms with Crippen LogP contribution in [0.3, 0.4) is 0 Å². The average molecular weight is 2120 g/mol. The molecule has 0 aliphatic heterocycles. The molecule has 0 saturated heterocycles. The Labute approximate surface area is 868 Å². The zero-order valence-corrected chi connectivity index (χ0v) is 91.1. The van der Waals surface area contributed by atoms with E-state index in [1.807, 2.05) is 105 Å². The van der Waals surface area contributed by atoms with Gasteiger partial charge in [0.05, 0.1) is 22.0 Å². The summed E-state index contributed by atoms with van der Waals surface area (Å²) in [5.74, 6) is -4.05. The van der Waals surface area contributed by atoms with Gasteiger partial charge in [-0.3, -0.25) is 16.8 Å². The van der Waals surface area contributed by atoms with Crippen molar-refractivity contribution in [1.29, 1.82) is 0 Å². The SMILES string of the molecule is CC(C)S(=O)(=O)Cc1ccc(CCC2c3ccccc3-c3ccccc32)cc1.CC(C)S(=O)(=O)Cc1ccc(CCc2cc(F)cc(F)c2)cc1.CC(C)S(=O)[O-].CC(C)S(=O)[O-].CC(C)S(=O)[O-].CC(C)S(=O)[O-].Cc1ccc(CCc2c(F)cccc2F)cc1.Cc1ccc(CCc2cc(C)c3sccc3c2)cc1.Cc1ccc(CCc2ccc(F)c(F)c2)cc1.Cc1ccc(CCc2ccc(F)cc2F)cc1. The number of aryl methyl sites for hydroxylation is 15. The molecular formula is C118H134F8O12S7-4. The zero-order chi connectivity index (χ0) is 107. The number of benzene rings is 13. The topological polar surface area (TPSA) is 229 Å². The molecule has 0 saturated carbocycles. The first-order valence-electron chi connectivity index (χ1n) is 48.0. The second kappa shape index (κ2) is 62.7. The van der Waals surface area contributed by atoms with Crippen LogP contribution in [0.2, 0.25) is 0 Å². The minimum Gasteiger partial charge on any atom is -0.772 e. The van der Waals surface area contributed by atoms with Crippen LogP contribution in [0.25, 0.3) is 21.2 Å². The minimum atomic E-state index is -3.11. The smallest absolute Gasteiger partial charge is 0.159 e. The highest BCUT2D eigenvalue weighted by molar-refractivity contribution is 7.91. The number of hydrogen-bond donors (Lipinski definition) is 0. The Morgan fingerprint density at radius 3 is 0.979 bits per heavy atom. The molecule has 145 heavy (non-hydrogen) atoms. The lowest BCUT2D eigenvalue weighted by Crippen LogP contribution is -2.15. The van der Waals surface area contributed by atoms with Crippen LogP contribution in [0.1, 0.15) is 207 Å². The predicted octanol–water partition coefficient (Wildman–Crippen LogP) is 28.4. The monoisotopic (exact) mass is 2120 g/mol. The third-order valence-electron chi connectivity index (χ3n) is 23.2. The van der Waals surface area contributed by atoms with Crippen LogP contribution in [-0.2, 0) is 146 Å². The van der Waals surface area contributed by atoms with Crippen LogP contribution in [-0.4, -0.2) is 83.4 Å². The van der Waals surface area contributed by atoms with Gasteiger partial charge >= 0.3 is 0 Å². The summed E-state index contributed by atoms with van der Waals surface area (Å²) in [6.07, 6.45) is 9.40. The first kappa shape index (κ1) is 123. The number of sulfone groups is 2. The summed E-state index contributed by atoms with van der Waals surface area (Å²) in [4.78, 5) is 0. The van der Waals surface area contributed by atoms with E-state index in [1.165, 1.54) is 143 Å². The van der Waals surface area contributed by atoms with Gasteiger partial charge in [0, 0.05) is 49.3 Å². The Bertz CT molecular complexity index is 6500. The Morgan fingerprint density at radius 1 is 0.290 bits per heavy atom. The van der Waals surface area contributed by atoms with E-state index >= 15 is 0 Å². The molecule has 4 atom stereocenters. The average Bonchev–Trinajstić information content (AvgIpc) is 1.61. The van der Waals surface area contributed by atoms with Gasteiger partial charge in [0.15, 0.2) is 31.3 Å². The lowest BCUT2D eigenvalue weighted by atomic mass is 9.90. The van der Waals surface area contributed by atoms with E-state index in [9.17, 15) is 87.0 Å². The molecule has 1 aliphatic rings. The summed E-state index contributed by atoms with van der Waals surface area (Å²) < 4.78 is 232. The quantitative estimate of drug-likeness (QED) is 0.0329. The molecule has 0 spiro atoms. The maximum absolute atomic E-state index is 13.4. The molecule has 1 aliphatic carbocycles. The first-order valence-corrected chi connectivity index (χ1v) is 56.9. The third kappa shape index (κ3) is 45.5. The van der Waals surface area contributed by atoms with E-state index in [0.717, 1.165) is 84.9 Å². The highest BCUT2D eigenvalue weighted by atomic mass is 32.2. The maximum Gasteiger partial charge on any atom is 0.159 e. The molecule has 1 aromatic heterocycles. The molecule has 0 N–H and O–H groups in total. The fraction of sp³-hybridized carbons (Fsp3) is 0.322. The zero-order valence-electron chi connectivity index (χ0n) is 85.4. The maximum atomic E-state index is 13.4. The normalized spacial score (nSPS) is 12.2. The van der Waals surface area contributed by atoms with Gasteiger partial charge in [0.2, 0.25) is 0 Å². The molecule has 27 heteroatoms. The number of thiophene rings is 1. The molecule has 15 rings (SSSR count). The van der Waals surface area contributed by atoms with Crippen LogP contribution in [0.4, 0.5) is 35.1 Å². The van der Waals surface area contributed by atoms with Crippen molar-refractivity contribution < 1.29 is 87.0 Å². The summed E-state index contributed by atoms with van der Waals surface area (Å²) in [5, 5.41) is 1.91. The number of fused-ring (bicyclic) bond motifs is 4. The van der Waals surface area contributed by atoms with E-state index in [1.54, 1.807) is 101 Å². The molecule has 0 radical (unpaired) electrons. The lowest BCUT2D eigenvalue weighted by molar-refractivity contribution is 0.507. The van der Waals surface area contributed by atoms with Gasteiger partial charge in [0.1, 0.15) is 34.9 Å². The van der Waals surface area contributed by atoms with Gasteiger partial charge in [-0.05, 0) is 293 Å². The molecule has 0 fully saturated rings. The van der Waals surface area contributed by atoms with Crippen molar-refractivity contribution >= 4 is 85.4 Å². The fourth-order valence-corrected chi connectivity index (χ4v) is 17.0. The predicted molar refractivity (Wildman–Crippen MR) is 580 cm³/mol. The van der Waals surface area contributed by atoms with Gasteiger partial charge in [-0.25, -0.2) is 52.0 Å². The largest absolute Gasteiger partial charge is 0.772 e. The Balaban J connectivity index is 0.000000256. The van der Waals surface area contributed by atoms with E-state index < -0.39 is 116 Å². The molecule has 12 nitrogen and oxygen atoms in total. The lowest BCUT2D eigenvalue weighted by Gasteiger charge is -2.14. The molecule has 0 amide bonds.